The number of rotatable bonds is 8. The van der Waals surface area contributed by atoms with Crippen molar-refractivity contribution in [1.82, 2.24) is 10.2 Å². The van der Waals surface area contributed by atoms with E-state index in [4.69, 9.17) is 9.15 Å². The van der Waals surface area contributed by atoms with Crippen molar-refractivity contribution in [2.45, 2.75) is 18.8 Å². The van der Waals surface area contributed by atoms with E-state index in [9.17, 15) is 4.79 Å². The number of carbonyl (C=O) groups is 1. The van der Waals surface area contributed by atoms with Crippen LogP contribution in [-0.2, 0) is 11.4 Å². The van der Waals surface area contributed by atoms with Gasteiger partial charge in [0.2, 0.25) is 11.8 Å². The molecule has 4 aromatic rings. The second-order valence-corrected chi connectivity index (χ2v) is 7.75. The highest BCUT2D eigenvalue weighted by Gasteiger charge is 2.12. The Kier molecular flexibility index (Phi) is 6.64. The first kappa shape index (κ1) is 20.7. The van der Waals surface area contributed by atoms with Crippen LogP contribution < -0.4 is 10.1 Å². The van der Waals surface area contributed by atoms with Crippen molar-refractivity contribution in [1.29, 1.82) is 0 Å². The van der Waals surface area contributed by atoms with Crippen molar-refractivity contribution in [3.63, 3.8) is 0 Å². The van der Waals surface area contributed by atoms with Crippen LogP contribution in [0.3, 0.4) is 0 Å². The van der Waals surface area contributed by atoms with Gasteiger partial charge in [-0.05, 0) is 48.4 Å². The third-order valence-corrected chi connectivity index (χ3v) is 5.31. The van der Waals surface area contributed by atoms with E-state index in [1.807, 2.05) is 85.8 Å². The Balaban J connectivity index is 1.26. The van der Waals surface area contributed by atoms with E-state index in [0.717, 1.165) is 22.4 Å². The first-order valence-corrected chi connectivity index (χ1v) is 10.7. The molecule has 1 aromatic heterocycles. The summed E-state index contributed by atoms with van der Waals surface area (Å²) >= 11 is 1.20. The topological polar surface area (TPSA) is 77.2 Å². The molecule has 7 heteroatoms. The van der Waals surface area contributed by atoms with E-state index >= 15 is 0 Å². The quantitative estimate of drug-likeness (QED) is 0.379. The van der Waals surface area contributed by atoms with Crippen molar-refractivity contribution in [2.75, 3.05) is 11.1 Å². The zero-order chi connectivity index (χ0) is 21.5. The lowest BCUT2D eigenvalue weighted by molar-refractivity contribution is -0.113. The van der Waals surface area contributed by atoms with Gasteiger partial charge in [-0.3, -0.25) is 4.79 Å². The average molecular weight is 432 g/mol. The number of hydrogen-bond acceptors (Lipinski definition) is 6. The minimum absolute atomic E-state index is 0.154. The summed E-state index contributed by atoms with van der Waals surface area (Å²) in [5.41, 5.74) is 3.74. The van der Waals surface area contributed by atoms with Crippen LogP contribution in [0.25, 0.3) is 11.5 Å². The first-order valence-electron chi connectivity index (χ1n) is 9.76. The third kappa shape index (κ3) is 5.73. The largest absolute Gasteiger partial charge is 0.489 e. The third-order valence-electron chi connectivity index (χ3n) is 4.50. The Morgan fingerprint density at radius 1 is 0.968 bits per heavy atom. The van der Waals surface area contributed by atoms with Crippen LogP contribution in [0.5, 0.6) is 5.75 Å². The van der Waals surface area contributed by atoms with Crippen LogP contribution >= 0.6 is 11.8 Å². The zero-order valence-electron chi connectivity index (χ0n) is 16.9. The lowest BCUT2D eigenvalue weighted by Crippen LogP contribution is -2.13. The van der Waals surface area contributed by atoms with E-state index in [2.05, 4.69) is 15.5 Å². The summed E-state index contributed by atoms with van der Waals surface area (Å²) in [6.07, 6.45) is 0. The summed E-state index contributed by atoms with van der Waals surface area (Å²) in [7, 11) is 0. The average Bonchev–Trinajstić information content (AvgIpc) is 3.27. The molecule has 6 nitrogen and oxygen atoms in total. The standard InChI is InChI=1S/C24H21N3O3S/c1-17-7-5-6-10-21(17)23-26-27-24(30-23)31-16-22(28)25-19-11-13-20(14-12-19)29-15-18-8-3-2-4-9-18/h2-14H,15-16H2,1H3,(H,25,28). The molecule has 1 heterocycles. The Bertz CT molecular complexity index is 1140. The molecule has 31 heavy (non-hydrogen) atoms. The zero-order valence-corrected chi connectivity index (χ0v) is 17.8. The van der Waals surface area contributed by atoms with Crippen LogP contribution in [-0.4, -0.2) is 21.9 Å². The summed E-state index contributed by atoms with van der Waals surface area (Å²) in [5.74, 6) is 1.21. The summed E-state index contributed by atoms with van der Waals surface area (Å²) in [6, 6.07) is 25.0. The molecule has 0 aliphatic carbocycles. The molecule has 4 rings (SSSR count). The van der Waals surface area contributed by atoms with E-state index in [1.165, 1.54) is 11.8 Å². The molecule has 0 atom stereocenters. The fourth-order valence-electron chi connectivity index (χ4n) is 2.89. The minimum atomic E-state index is -0.154. The van der Waals surface area contributed by atoms with Crippen LogP contribution in [0.15, 0.2) is 88.5 Å². The molecule has 1 amide bonds. The molecule has 3 aromatic carbocycles. The number of nitrogens with zero attached hydrogens (tertiary/aromatic N) is 2. The Hall–Kier alpha value is -3.58. The summed E-state index contributed by atoms with van der Waals surface area (Å²) in [4.78, 5) is 12.3. The number of anilines is 1. The van der Waals surface area contributed by atoms with Crippen LogP contribution in [0.1, 0.15) is 11.1 Å². The van der Waals surface area contributed by atoms with Gasteiger partial charge in [0, 0.05) is 11.3 Å². The molecular formula is C24H21N3O3S. The van der Waals surface area contributed by atoms with Crippen molar-refractivity contribution in [3.8, 4) is 17.2 Å². The van der Waals surface area contributed by atoms with E-state index in [-0.39, 0.29) is 11.7 Å². The van der Waals surface area contributed by atoms with Gasteiger partial charge in [-0.25, -0.2) is 0 Å². The van der Waals surface area contributed by atoms with Gasteiger partial charge < -0.3 is 14.5 Å². The SMILES string of the molecule is Cc1ccccc1-c1nnc(SCC(=O)Nc2ccc(OCc3ccccc3)cc2)o1. The highest BCUT2D eigenvalue weighted by Crippen LogP contribution is 2.25. The maximum absolute atomic E-state index is 12.3. The van der Waals surface area contributed by atoms with Crippen molar-refractivity contribution >= 4 is 23.4 Å². The number of aromatic nitrogens is 2. The predicted molar refractivity (Wildman–Crippen MR) is 121 cm³/mol. The Morgan fingerprint density at radius 2 is 1.71 bits per heavy atom. The molecule has 0 spiro atoms. The van der Waals surface area contributed by atoms with Gasteiger partial charge in [0.05, 0.1) is 5.75 Å². The number of hydrogen-bond donors (Lipinski definition) is 1. The van der Waals surface area contributed by atoms with Crippen molar-refractivity contribution in [3.05, 3.63) is 90.0 Å². The molecule has 0 saturated heterocycles. The smallest absolute Gasteiger partial charge is 0.277 e. The highest BCUT2D eigenvalue weighted by atomic mass is 32.2. The summed E-state index contributed by atoms with van der Waals surface area (Å²) < 4.78 is 11.4. The molecule has 0 saturated carbocycles. The number of nitrogens with one attached hydrogen (secondary N) is 1. The molecule has 0 bridgehead atoms. The molecule has 0 fully saturated rings. The van der Waals surface area contributed by atoms with Crippen LogP contribution in [0.2, 0.25) is 0 Å². The molecule has 0 unspecified atom stereocenters. The predicted octanol–water partition coefficient (Wildman–Crippen LogP) is 5.35. The maximum Gasteiger partial charge on any atom is 0.277 e. The van der Waals surface area contributed by atoms with Crippen LogP contribution in [0.4, 0.5) is 5.69 Å². The van der Waals surface area contributed by atoms with Gasteiger partial charge in [-0.15, -0.1) is 10.2 Å². The molecule has 0 aliphatic rings. The van der Waals surface area contributed by atoms with Gasteiger partial charge in [0.1, 0.15) is 12.4 Å². The lowest BCUT2D eigenvalue weighted by atomic mass is 10.1. The molecule has 156 valence electrons. The van der Waals surface area contributed by atoms with E-state index in [1.54, 1.807) is 0 Å². The maximum atomic E-state index is 12.3. The molecule has 0 aliphatic heterocycles. The van der Waals surface area contributed by atoms with Crippen molar-refractivity contribution < 1.29 is 13.9 Å². The van der Waals surface area contributed by atoms with Crippen molar-refractivity contribution in [2.24, 2.45) is 0 Å². The number of amides is 1. The summed E-state index contributed by atoms with van der Waals surface area (Å²) in [5, 5.41) is 11.3. The summed E-state index contributed by atoms with van der Waals surface area (Å²) in [6.45, 7) is 2.48. The monoisotopic (exact) mass is 431 g/mol. The number of carbonyl (C=O) groups excluding carboxylic acids is 1. The molecular weight excluding hydrogens is 410 g/mol. The fourth-order valence-corrected chi connectivity index (χ4v) is 3.45. The first-order chi connectivity index (χ1) is 15.2. The van der Waals surface area contributed by atoms with Gasteiger partial charge in [0.25, 0.3) is 5.22 Å². The Morgan fingerprint density at radius 3 is 2.48 bits per heavy atom. The fraction of sp³-hybridized carbons (Fsp3) is 0.125. The number of benzene rings is 3. The Labute approximate surface area is 184 Å². The highest BCUT2D eigenvalue weighted by molar-refractivity contribution is 7.99. The second kappa shape index (κ2) is 9.95. The van der Waals surface area contributed by atoms with Gasteiger partial charge in [0.15, 0.2) is 0 Å². The normalized spacial score (nSPS) is 10.6. The number of ether oxygens (including phenoxy) is 1. The number of thioether (sulfide) groups is 1. The second-order valence-electron chi connectivity index (χ2n) is 6.82. The lowest BCUT2D eigenvalue weighted by Gasteiger charge is -2.08. The van der Waals surface area contributed by atoms with Gasteiger partial charge >= 0.3 is 0 Å². The van der Waals surface area contributed by atoms with Gasteiger partial charge in [-0.2, -0.15) is 0 Å². The van der Waals surface area contributed by atoms with Crippen LogP contribution in [0, 0.1) is 6.92 Å². The number of aryl methyl sites for hydroxylation is 1. The molecule has 1 N–H and O–H groups in total. The van der Waals surface area contributed by atoms with Gasteiger partial charge in [-0.1, -0.05) is 60.3 Å². The van der Waals surface area contributed by atoms with E-state index in [0.29, 0.717) is 23.4 Å². The minimum Gasteiger partial charge on any atom is -0.489 e. The molecule has 0 radical (unpaired) electrons. The van der Waals surface area contributed by atoms with E-state index < -0.39 is 0 Å².